The van der Waals surface area contributed by atoms with Crippen molar-refractivity contribution in [3.63, 3.8) is 0 Å². The zero-order valence-corrected chi connectivity index (χ0v) is 8.27. The van der Waals surface area contributed by atoms with Crippen molar-refractivity contribution < 1.29 is 24.2 Å². The summed E-state index contributed by atoms with van der Waals surface area (Å²) in [5, 5.41) is 8.60. The SMILES string of the molecule is O=C(O)CN1CC2(CCCOC2)OC1=O. The minimum Gasteiger partial charge on any atom is -0.480 e. The Labute approximate surface area is 86.8 Å². The number of aliphatic carboxylic acids is 1. The lowest BCUT2D eigenvalue weighted by atomic mass is 9.97. The van der Waals surface area contributed by atoms with E-state index < -0.39 is 17.7 Å². The van der Waals surface area contributed by atoms with Crippen LogP contribution >= 0.6 is 0 Å². The molecule has 2 fully saturated rings. The molecule has 0 bridgehead atoms. The van der Waals surface area contributed by atoms with Crippen LogP contribution in [0, 0.1) is 0 Å². The smallest absolute Gasteiger partial charge is 0.411 e. The number of carboxylic acid groups (broad SMARTS) is 1. The van der Waals surface area contributed by atoms with E-state index in [2.05, 4.69) is 0 Å². The highest BCUT2D eigenvalue weighted by Crippen LogP contribution is 2.30. The molecule has 0 radical (unpaired) electrons. The van der Waals surface area contributed by atoms with E-state index in [0.29, 0.717) is 19.8 Å². The second kappa shape index (κ2) is 3.69. The van der Waals surface area contributed by atoms with Gasteiger partial charge in [0.05, 0.1) is 13.2 Å². The van der Waals surface area contributed by atoms with Crippen molar-refractivity contribution in [2.45, 2.75) is 18.4 Å². The maximum Gasteiger partial charge on any atom is 0.411 e. The van der Waals surface area contributed by atoms with Crippen molar-refractivity contribution in [3.8, 4) is 0 Å². The number of carboxylic acids is 1. The molecule has 1 amide bonds. The maximum atomic E-state index is 11.4. The highest BCUT2D eigenvalue weighted by molar-refractivity contribution is 5.78. The van der Waals surface area contributed by atoms with Gasteiger partial charge in [-0.3, -0.25) is 9.69 Å². The van der Waals surface area contributed by atoms with Crippen molar-refractivity contribution in [2.24, 2.45) is 0 Å². The first-order chi connectivity index (χ1) is 7.11. The molecule has 1 atom stereocenters. The Balaban J connectivity index is 2.01. The standard InChI is InChI=1S/C9H13NO5/c11-7(12)4-10-5-9(15-8(10)13)2-1-3-14-6-9/h1-6H2,(H,11,12). The Morgan fingerprint density at radius 3 is 3.00 bits per heavy atom. The van der Waals surface area contributed by atoms with E-state index in [1.54, 1.807) is 0 Å². The van der Waals surface area contributed by atoms with Crippen LogP contribution in [0.4, 0.5) is 4.79 Å². The Morgan fingerprint density at radius 1 is 1.60 bits per heavy atom. The van der Waals surface area contributed by atoms with Gasteiger partial charge in [0, 0.05) is 6.61 Å². The third kappa shape index (κ3) is 2.04. The summed E-state index contributed by atoms with van der Waals surface area (Å²) in [4.78, 5) is 23.1. The summed E-state index contributed by atoms with van der Waals surface area (Å²) in [6.45, 7) is 1.06. The molecule has 6 nitrogen and oxygen atoms in total. The number of rotatable bonds is 2. The quantitative estimate of drug-likeness (QED) is 0.705. The van der Waals surface area contributed by atoms with E-state index in [-0.39, 0.29) is 6.54 Å². The third-order valence-corrected chi connectivity index (χ3v) is 2.65. The highest BCUT2D eigenvalue weighted by atomic mass is 16.6. The summed E-state index contributed by atoms with van der Waals surface area (Å²) in [6, 6.07) is 0. The number of amides is 1. The molecular formula is C9H13NO5. The van der Waals surface area contributed by atoms with Gasteiger partial charge in [-0.2, -0.15) is 0 Å². The molecule has 2 saturated heterocycles. The number of hydrogen-bond acceptors (Lipinski definition) is 4. The summed E-state index contributed by atoms with van der Waals surface area (Å²) >= 11 is 0. The fourth-order valence-electron chi connectivity index (χ4n) is 2.01. The summed E-state index contributed by atoms with van der Waals surface area (Å²) in [5.41, 5.74) is -0.606. The van der Waals surface area contributed by atoms with Crippen LogP contribution in [0.15, 0.2) is 0 Å². The number of carbonyl (C=O) groups is 2. The summed E-state index contributed by atoms with van der Waals surface area (Å²) in [7, 11) is 0. The fraction of sp³-hybridized carbons (Fsp3) is 0.778. The molecule has 0 aliphatic carbocycles. The highest BCUT2D eigenvalue weighted by Gasteiger charge is 2.46. The van der Waals surface area contributed by atoms with Crippen LogP contribution in [0.25, 0.3) is 0 Å². The second-order valence-corrected chi connectivity index (χ2v) is 3.96. The molecule has 2 aliphatic heterocycles. The minimum absolute atomic E-state index is 0.305. The molecular weight excluding hydrogens is 202 g/mol. The van der Waals surface area contributed by atoms with E-state index in [0.717, 1.165) is 12.8 Å². The Morgan fingerprint density at radius 2 is 2.40 bits per heavy atom. The molecule has 0 aromatic carbocycles. The fourth-order valence-corrected chi connectivity index (χ4v) is 2.01. The average Bonchev–Trinajstić information content (AvgIpc) is 2.43. The molecule has 15 heavy (non-hydrogen) atoms. The van der Waals surface area contributed by atoms with Crippen LogP contribution in [-0.2, 0) is 14.3 Å². The molecule has 2 heterocycles. The van der Waals surface area contributed by atoms with E-state index in [1.807, 2.05) is 0 Å². The van der Waals surface area contributed by atoms with Gasteiger partial charge in [-0.05, 0) is 12.8 Å². The number of ether oxygens (including phenoxy) is 2. The van der Waals surface area contributed by atoms with Crippen LogP contribution in [0.3, 0.4) is 0 Å². The van der Waals surface area contributed by atoms with Gasteiger partial charge in [0.15, 0.2) is 5.60 Å². The molecule has 2 aliphatic rings. The van der Waals surface area contributed by atoms with Crippen molar-refractivity contribution in [2.75, 3.05) is 26.3 Å². The van der Waals surface area contributed by atoms with Gasteiger partial charge < -0.3 is 14.6 Å². The van der Waals surface area contributed by atoms with Gasteiger partial charge in [-0.15, -0.1) is 0 Å². The first kappa shape index (κ1) is 10.2. The lowest BCUT2D eigenvalue weighted by Crippen LogP contribution is -2.43. The predicted molar refractivity (Wildman–Crippen MR) is 48.5 cm³/mol. The van der Waals surface area contributed by atoms with Crippen molar-refractivity contribution >= 4 is 12.1 Å². The summed E-state index contributed by atoms with van der Waals surface area (Å²) < 4.78 is 10.5. The molecule has 84 valence electrons. The second-order valence-electron chi connectivity index (χ2n) is 3.96. The lowest BCUT2D eigenvalue weighted by Gasteiger charge is -2.30. The number of nitrogens with zero attached hydrogens (tertiary/aromatic N) is 1. The van der Waals surface area contributed by atoms with Gasteiger partial charge in [0.1, 0.15) is 6.54 Å². The zero-order valence-electron chi connectivity index (χ0n) is 8.27. The molecule has 6 heteroatoms. The predicted octanol–water partition coefficient (Wildman–Crippen LogP) is 0.0724. The van der Waals surface area contributed by atoms with Gasteiger partial charge in [-0.25, -0.2) is 4.79 Å². The van der Waals surface area contributed by atoms with Crippen LogP contribution in [0.1, 0.15) is 12.8 Å². The van der Waals surface area contributed by atoms with Crippen molar-refractivity contribution in [1.82, 2.24) is 4.90 Å². The van der Waals surface area contributed by atoms with E-state index in [9.17, 15) is 9.59 Å². The van der Waals surface area contributed by atoms with Gasteiger partial charge >= 0.3 is 12.1 Å². The van der Waals surface area contributed by atoms with Gasteiger partial charge in [0.25, 0.3) is 0 Å². The third-order valence-electron chi connectivity index (χ3n) is 2.65. The monoisotopic (exact) mass is 215 g/mol. The molecule has 0 aromatic rings. The maximum absolute atomic E-state index is 11.4. The normalized spacial score (nSPS) is 30.7. The molecule has 0 saturated carbocycles. The number of hydrogen-bond donors (Lipinski definition) is 1. The summed E-state index contributed by atoms with van der Waals surface area (Å²) in [5.74, 6) is -1.03. The topological polar surface area (TPSA) is 76.1 Å². The van der Waals surface area contributed by atoms with Crippen molar-refractivity contribution in [1.29, 1.82) is 0 Å². The van der Waals surface area contributed by atoms with Gasteiger partial charge in [0.2, 0.25) is 0 Å². The number of carbonyl (C=O) groups excluding carboxylic acids is 1. The molecule has 1 unspecified atom stereocenters. The Bertz CT molecular complexity index is 284. The molecule has 0 aromatic heterocycles. The molecule has 2 rings (SSSR count). The zero-order chi connectivity index (χ0) is 10.9. The summed E-state index contributed by atoms with van der Waals surface area (Å²) in [6.07, 6.45) is 1.03. The van der Waals surface area contributed by atoms with E-state index >= 15 is 0 Å². The lowest BCUT2D eigenvalue weighted by molar-refractivity contribution is -0.137. The van der Waals surface area contributed by atoms with Crippen molar-refractivity contribution in [3.05, 3.63) is 0 Å². The largest absolute Gasteiger partial charge is 0.480 e. The Kier molecular flexibility index (Phi) is 2.52. The molecule has 1 spiro atoms. The van der Waals surface area contributed by atoms with Crippen LogP contribution < -0.4 is 0 Å². The molecule has 1 N–H and O–H groups in total. The van der Waals surface area contributed by atoms with Gasteiger partial charge in [-0.1, -0.05) is 0 Å². The van der Waals surface area contributed by atoms with E-state index in [4.69, 9.17) is 14.6 Å². The Hall–Kier alpha value is -1.30. The van der Waals surface area contributed by atoms with Crippen LogP contribution in [-0.4, -0.2) is 54.0 Å². The minimum atomic E-state index is -1.03. The average molecular weight is 215 g/mol. The van der Waals surface area contributed by atoms with E-state index in [1.165, 1.54) is 4.90 Å². The van der Waals surface area contributed by atoms with Crippen LogP contribution in [0.5, 0.6) is 0 Å². The first-order valence-electron chi connectivity index (χ1n) is 4.89. The van der Waals surface area contributed by atoms with Crippen LogP contribution in [0.2, 0.25) is 0 Å². The first-order valence-corrected chi connectivity index (χ1v) is 4.89.